The zero-order valence-corrected chi connectivity index (χ0v) is 11.3. The van der Waals surface area contributed by atoms with E-state index in [1.807, 2.05) is 6.07 Å². The summed E-state index contributed by atoms with van der Waals surface area (Å²) < 4.78 is 0. The summed E-state index contributed by atoms with van der Waals surface area (Å²) in [4.78, 5) is 14.1. The van der Waals surface area contributed by atoms with Crippen LogP contribution in [0.2, 0.25) is 0 Å². The topological polar surface area (TPSA) is 91.8 Å². The minimum Gasteiger partial charge on any atom is -0.312 e. The molecule has 6 heteroatoms. The van der Waals surface area contributed by atoms with Gasteiger partial charge in [0.25, 0.3) is 5.69 Å². The van der Waals surface area contributed by atoms with Crippen LogP contribution in [-0.2, 0) is 13.0 Å². The number of nitro benzene ring substituents is 1. The fourth-order valence-corrected chi connectivity index (χ4v) is 1.92. The molecule has 0 unspecified atom stereocenters. The number of nitrogens with zero attached hydrogens (tertiary/aromatic N) is 3. The van der Waals surface area contributed by atoms with Crippen LogP contribution >= 0.6 is 0 Å². The molecule has 1 aromatic heterocycles. The normalized spacial score (nSPS) is 10.0. The van der Waals surface area contributed by atoms with Gasteiger partial charge in [-0.15, -0.1) is 0 Å². The van der Waals surface area contributed by atoms with Gasteiger partial charge in [0, 0.05) is 30.4 Å². The first-order valence-corrected chi connectivity index (χ1v) is 6.49. The number of rotatable bonds is 6. The van der Waals surface area contributed by atoms with E-state index in [0.717, 1.165) is 24.1 Å². The van der Waals surface area contributed by atoms with Crippen LogP contribution in [0.25, 0.3) is 0 Å². The number of hydrogen-bond donors (Lipinski definition) is 1. The zero-order valence-electron chi connectivity index (χ0n) is 11.3. The number of pyridine rings is 1. The summed E-state index contributed by atoms with van der Waals surface area (Å²) in [6.45, 7) is 1.29. The summed E-state index contributed by atoms with van der Waals surface area (Å²) in [5.41, 5.74) is 2.42. The average molecular weight is 282 g/mol. The smallest absolute Gasteiger partial charge is 0.269 e. The molecule has 0 radical (unpaired) electrons. The second-order valence-electron chi connectivity index (χ2n) is 4.47. The lowest BCUT2D eigenvalue weighted by atomic mass is 10.1. The lowest BCUT2D eigenvalue weighted by Crippen LogP contribution is -2.17. The molecule has 1 N–H and O–H groups in total. The van der Waals surface area contributed by atoms with Crippen molar-refractivity contribution in [2.75, 3.05) is 6.54 Å². The van der Waals surface area contributed by atoms with Gasteiger partial charge in [0.1, 0.15) is 11.8 Å². The summed E-state index contributed by atoms with van der Waals surface area (Å²) in [6, 6.07) is 12.2. The standard InChI is InChI=1S/C15H14N4O2/c16-10-15-13(2-1-8-18-15)11-17-9-7-12-3-5-14(6-4-12)19(20)21/h1-6,8,17H,7,9,11H2. The molecule has 1 aromatic carbocycles. The van der Waals surface area contributed by atoms with Crippen molar-refractivity contribution < 1.29 is 4.92 Å². The van der Waals surface area contributed by atoms with Crippen molar-refractivity contribution in [1.82, 2.24) is 10.3 Å². The second kappa shape index (κ2) is 7.12. The van der Waals surface area contributed by atoms with Crippen LogP contribution in [0.5, 0.6) is 0 Å². The van der Waals surface area contributed by atoms with E-state index < -0.39 is 4.92 Å². The first-order valence-electron chi connectivity index (χ1n) is 6.49. The number of nitro groups is 1. The van der Waals surface area contributed by atoms with E-state index >= 15 is 0 Å². The fraction of sp³-hybridized carbons (Fsp3) is 0.200. The van der Waals surface area contributed by atoms with E-state index in [9.17, 15) is 10.1 Å². The molecule has 0 aliphatic carbocycles. The highest BCUT2D eigenvalue weighted by Gasteiger charge is 2.04. The molecule has 0 aliphatic rings. The Hall–Kier alpha value is -2.78. The predicted octanol–water partition coefficient (Wildman–Crippen LogP) is 2.19. The predicted molar refractivity (Wildman–Crippen MR) is 77.5 cm³/mol. The van der Waals surface area contributed by atoms with Gasteiger partial charge in [0.05, 0.1) is 4.92 Å². The quantitative estimate of drug-likeness (QED) is 0.498. The number of hydrogen-bond acceptors (Lipinski definition) is 5. The molecule has 0 fully saturated rings. The Bertz CT molecular complexity index is 662. The van der Waals surface area contributed by atoms with E-state index in [1.54, 1.807) is 24.4 Å². The Morgan fingerprint density at radius 3 is 2.71 bits per heavy atom. The Morgan fingerprint density at radius 1 is 1.29 bits per heavy atom. The lowest BCUT2D eigenvalue weighted by Gasteiger charge is -2.06. The summed E-state index contributed by atoms with van der Waals surface area (Å²) in [7, 11) is 0. The maximum atomic E-state index is 10.6. The summed E-state index contributed by atoms with van der Waals surface area (Å²) in [5, 5.41) is 22.7. The highest BCUT2D eigenvalue weighted by atomic mass is 16.6. The van der Waals surface area contributed by atoms with Crippen molar-refractivity contribution >= 4 is 5.69 Å². The van der Waals surface area contributed by atoms with Gasteiger partial charge in [0.2, 0.25) is 0 Å². The Kier molecular flexibility index (Phi) is 4.96. The molecule has 0 spiro atoms. The molecule has 0 bridgehead atoms. The maximum Gasteiger partial charge on any atom is 0.269 e. The SMILES string of the molecule is N#Cc1ncccc1CNCCc1ccc([N+](=O)[O-])cc1. The van der Waals surface area contributed by atoms with Gasteiger partial charge in [-0.05, 0) is 24.6 Å². The molecule has 106 valence electrons. The van der Waals surface area contributed by atoms with Crippen molar-refractivity contribution in [3.05, 3.63) is 69.5 Å². The lowest BCUT2D eigenvalue weighted by molar-refractivity contribution is -0.384. The molecule has 21 heavy (non-hydrogen) atoms. The molecule has 1 heterocycles. The molecule has 0 atom stereocenters. The number of aromatic nitrogens is 1. The van der Waals surface area contributed by atoms with E-state index in [-0.39, 0.29) is 5.69 Å². The Labute approximate surface area is 122 Å². The van der Waals surface area contributed by atoms with Crippen LogP contribution in [-0.4, -0.2) is 16.5 Å². The third-order valence-corrected chi connectivity index (χ3v) is 3.05. The molecule has 2 rings (SSSR count). The minimum atomic E-state index is -0.409. The van der Waals surface area contributed by atoms with Crippen LogP contribution in [0.3, 0.4) is 0 Å². The number of nitriles is 1. The van der Waals surface area contributed by atoms with Crippen LogP contribution in [0.1, 0.15) is 16.8 Å². The number of non-ortho nitro benzene ring substituents is 1. The number of benzene rings is 1. The van der Waals surface area contributed by atoms with Crippen LogP contribution in [0.15, 0.2) is 42.6 Å². The summed E-state index contributed by atoms with van der Waals surface area (Å²) in [5.74, 6) is 0. The molecule has 0 aliphatic heterocycles. The largest absolute Gasteiger partial charge is 0.312 e. The van der Waals surface area contributed by atoms with Crippen molar-refractivity contribution in [1.29, 1.82) is 5.26 Å². The van der Waals surface area contributed by atoms with Crippen LogP contribution in [0.4, 0.5) is 5.69 Å². The van der Waals surface area contributed by atoms with Gasteiger partial charge >= 0.3 is 0 Å². The first-order chi connectivity index (χ1) is 10.2. The van der Waals surface area contributed by atoms with Gasteiger partial charge in [-0.1, -0.05) is 18.2 Å². The van der Waals surface area contributed by atoms with E-state index in [4.69, 9.17) is 5.26 Å². The monoisotopic (exact) mass is 282 g/mol. The number of nitrogens with one attached hydrogen (secondary N) is 1. The van der Waals surface area contributed by atoms with Crippen molar-refractivity contribution in [2.24, 2.45) is 0 Å². The van der Waals surface area contributed by atoms with Crippen LogP contribution < -0.4 is 5.32 Å². The molecular weight excluding hydrogens is 268 g/mol. The van der Waals surface area contributed by atoms with E-state index in [2.05, 4.69) is 16.4 Å². The Balaban J connectivity index is 1.82. The van der Waals surface area contributed by atoms with Crippen molar-refractivity contribution in [3.63, 3.8) is 0 Å². The third-order valence-electron chi connectivity index (χ3n) is 3.05. The molecule has 6 nitrogen and oxygen atoms in total. The van der Waals surface area contributed by atoms with Crippen LogP contribution in [0, 0.1) is 21.4 Å². The van der Waals surface area contributed by atoms with E-state index in [0.29, 0.717) is 12.2 Å². The highest BCUT2D eigenvalue weighted by Crippen LogP contribution is 2.12. The maximum absolute atomic E-state index is 10.6. The fourth-order valence-electron chi connectivity index (χ4n) is 1.92. The van der Waals surface area contributed by atoms with Gasteiger partial charge in [-0.3, -0.25) is 10.1 Å². The van der Waals surface area contributed by atoms with Gasteiger partial charge < -0.3 is 5.32 Å². The molecule has 2 aromatic rings. The molecule has 0 saturated heterocycles. The van der Waals surface area contributed by atoms with Crippen molar-refractivity contribution in [2.45, 2.75) is 13.0 Å². The average Bonchev–Trinajstić information content (AvgIpc) is 2.52. The van der Waals surface area contributed by atoms with Gasteiger partial charge in [0.15, 0.2) is 0 Å². The first kappa shape index (κ1) is 14.6. The summed E-state index contributed by atoms with van der Waals surface area (Å²) in [6.07, 6.45) is 2.36. The van der Waals surface area contributed by atoms with Gasteiger partial charge in [-0.2, -0.15) is 5.26 Å². The second-order valence-corrected chi connectivity index (χ2v) is 4.47. The zero-order chi connectivity index (χ0) is 15.1. The van der Waals surface area contributed by atoms with Gasteiger partial charge in [-0.25, -0.2) is 4.98 Å². The molecule has 0 amide bonds. The summed E-state index contributed by atoms with van der Waals surface area (Å²) >= 11 is 0. The third kappa shape index (κ3) is 4.09. The van der Waals surface area contributed by atoms with Crippen molar-refractivity contribution in [3.8, 4) is 6.07 Å². The molecular formula is C15H14N4O2. The highest BCUT2D eigenvalue weighted by molar-refractivity contribution is 5.33. The van der Waals surface area contributed by atoms with E-state index in [1.165, 1.54) is 12.1 Å². The molecule has 0 saturated carbocycles. The minimum absolute atomic E-state index is 0.0979. The Morgan fingerprint density at radius 2 is 2.05 bits per heavy atom.